The topological polar surface area (TPSA) is 109 Å². The van der Waals surface area contributed by atoms with E-state index in [1.807, 2.05) is 4.90 Å². The maximum atomic E-state index is 15.1. The number of anilines is 1. The number of hydrogen-bond acceptors (Lipinski definition) is 5. The number of halogens is 1. The first-order chi connectivity index (χ1) is 14.3. The quantitative estimate of drug-likeness (QED) is 0.613. The van der Waals surface area contributed by atoms with E-state index in [0.717, 1.165) is 18.9 Å². The Morgan fingerprint density at radius 3 is 2.50 bits per heavy atom. The van der Waals surface area contributed by atoms with Crippen molar-refractivity contribution in [2.45, 2.75) is 18.9 Å². The van der Waals surface area contributed by atoms with Gasteiger partial charge >= 0.3 is 5.97 Å². The summed E-state index contributed by atoms with van der Waals surface area (Å²) >= 11 is 0. The molecule has 2 aromatic carbocycles. The lowest BCUT2D eigenvalue weighted by Crippen LogP contribution is -2.30. The van der Waals surface area contributed by atoms with Gasteiger partial charge in [-0.1, -0.05) is 0 Å². The van der Waals surface area contributed by atoms with E-state index in [0.29, 0.717) is 30.0 Å². The number of carboxylic acid groups (broad SMARTS) is 1. The third-order valence-corrected chi connectivity index (χ3v) is 6.37. The van der Waals surface area contributed by atoms with Crippen molar-refractivity contribution in [3.8, 4) is 11.4 Å². The number of rotatable bonds is 3. The van der Waals surface area contributed by atoms with Gasteiger partial charge in [0, 0.05) is 41.8 Å². The Morgan fingerprint density at radius 1 is 1.20 bits per heavy atom. The average Bonchev–Trinajstić information content (AvgIpc) is 3.41. The van der Waals surface area contributed by atoms with Crippen LogP contribution < -0.4 is 16.1 Å². The second kappa shape index (κ2) is 6.30. The number of carbonyl (C=O) groups is 1. The minimum absolute atomic E-state index is 0.0196. The highest BCUT2D eigenvalue weighted by atomic mass is 19.1. The molecule has 1 aliphatic heterocycles. The maximum Gasteiger partial charge on any atom is 0.341 e. The van der Waals surface area contributed by atoms with Crippen LogP contribution in [0.25, 0.3) is 16.6 Å². The number of hydrogen-bond donors (Lipinski definition) is 3. The highest BCUT2D eigenvalue weighted by Crippen LogP contribution is 2.53. The SMILES string of the molecule is NC1CN(c2cc3c(cc2F)c(=O)c(C(=O)O)cn3-c2ccc(O)cc2)CC12CC2. The normalized spacial score (nSPS) is 19.5. The molecule has 4 N–H and O–H groups in total. The number of phenolic OH excluding ortho intramolecular Hbond substituents is 1. The fraction of sp³-hybridized carbons (Fsp3) is 0.273. The first-order valence-corrected chi connectivity index (χ1v) is 9.71. The van der Waals surface area contributed by atoms with Crippen LogP contribution in [0, 0.1) is 11.2 Å². The zero-order valence-electron chi connectivity index (χ0n) is 16.0. The van der Waals surface area contributed by atoms with Crippen molar-refractivity contribution < 1.29 is 19.4 Å². The minimum atomic E-state index is -1.39. The number of phenols is 1. The van der Waals surface area contributed by atoms with Gasteiger partial charge in [0.15, 0.2) is 0 Å². The fourth-order valence-corrected chi connectivity index (χ4v) is 4.42. The number of nitrogens with two attached hydrogens (primary N) is 1. The largest absolute Gasteiger partial charge is 0.508 e. The zero-order chi connectivity index (χ0) is 21.2. The second-order valence-electron chi connectivity index (χ2n) is 8.23. The maximum absolute atomic E-state index is 15.1. The highest BCUT2D eigenvalue weighted by Gasteiger charge is 2.53. The smallest absolute Gasteiger partial charge is 0.341 e. The number of aromatic hydroxyl groups is 1. The van der Waals surface area contributed by atoms with E-state index in [1.54, 1.807) is 18.2 Å². The third-order valence-electron chi connectivity index (χ3n) is 6.37. The molecule has 30 heavy (non-hydrogen) atoms. The van der Waals surface area contributed by atoms with Gasteiger partial charge in [0.25, 0.3) is 0 Å². The number of fused-ring (bicyclic) bond motifs is 1. The number of benzene rings is 2. The van der Waals surface area contributed by atoms with Gasteiger partial charge in [0.2, 0.25) is 5.43 Å². The van der Waals surface area contributed by atoms with Gasteiger partial charge in [0.1, 0.15) is 17.1 Å². The first-order valence-electron chi connectivity index (χ1n) is 9.71. The van der Waals surface area contributed by atoms with E-state index in [9.17, 15) is 19.8 Å². The number of aromatic carboxylic acids is 1. The molecule has 0 amide bonds. The summed E-state index contributed by atoms with van der Waals surface area (Å²) in [6, 6.07) is 8.78. The van der Waals surface area contributed by atoms with Crippen molar-refractivity contribution in [2.75, 3.05) is 18.0 Å². The van der Waals surface area contributed by atoms with Crippen molar-refractivity contribution in [3.05, 3.63) is 64.2 Å². The summed E-state index contributed by atoms with van der Waals surface area (Å²) in [4.78, 5) is 26.2. The Morgan fingerprint density at radius 2 is 1.90 bits per heavy atom. The fourth-order valence-electron chi connectivity index (χ4n) is 4.42. The van der Waals surface area contributed by atoms with Gasteiger partial charge in [-0.05, 0) is 49.2 Å². The molecule has 1 saturated heterocycles. The summed E-state index contributed by atoms with van der Waals surface area (Å²) in [6.45, 7) is 1.19. The van der Waals surface area contributed by atoms with Gasteiger partial charge in [-0.3, -0.25) is 4.79 Å². The van der Waals surface area contributed by atoms with Crippen molar-refractivity contribution in [3.63, 3.8) is 0 Å². The molecule has 1 atom stereocenters. The molecule has 2 fully saturated rings. The summed E-state index contributed by atoms with van der Waals surface area (Å²) in [5.41, 5.74) is 6.39. The Kier molecular flexibility index (Phi) is 3.91. The summed E-state index contributed by atoms with van der Waals surface area (Å²) in [7, 11) is 0. The molecule has 3 aromatic rings. The van der Waals surface area contributed by atoms with Crippen molar-refractivity contribution >= 4 is 22.6 Å². The van der Waals surface area contributed by atoms with Gasteiger partial charge < -0.3 is 25.4 Å². The lowest BCUT2D eigenvalue weighted by atomic mass is 10.0. The summed E-state index contributed by atoms with van der Waals surface area (Å²) < 4.78 is 16.6. The van der Waals surface area contributed by atoms with Gasteiger partial charge in [-0.15, -0.1) is 0 Å². The van der Waals surface area contributed by atoms with Crippen LogP contribution in [0.3, 0.4) is 0 Å². The van der Waals surface area contributed by atoms with Gasteiger partial charge in [-0.25, -0.2) is 9.18 Å². The van der Waals surface area contributed by atoms with Gasteiger partial charge in [-0.2, -0.15) is 0 Å². The highest BCUT2D eigenvalue weighted by molar-refractivity contribution is 5.94. The molecule has 0 radical (unpaired) electrons. The predicted molar refractivity (Wildman–Crippen MR) is 110 cm³/mol. The van der Waals surface area contributed by atoms with Crippen LogP contribution in [0.4, 0.5) is 10.1 Å². The molecule has 1 spiro atoms. The van der Waals surface area contributed by atoms with Crippen LogP contribution >= 0.6 is 0 Å². The molecule has 2 aliphatic rings. The number of carboxylic acids is 1. The minimum Gasteiger partial charge on any atom is -0.508 e. The predicted octanol–water partition coefficient (Wildman–Crippen LogP) is 2.46. The van der Waals surface area contributed by atoms with Crippen LogP contribution in [0.5, 0.6) is 5.75 Å². The molecule has 154 valence electrons. The first kappa shape index (κ1) is 18.6. The molecular formula is C22H20FN3O4. The molecule has 0 bridgehead atoms. The Labute approximate surface area is 170 Å². The summed E-state index contributed by atoms with van der Waals surface area (Å²) in [5.74, 6) is -1.92. The van der Waals surface area contributed by atoms with Gasteiger partial charge in [0.05, 0.1) is 11.2 Å². The standard InChI is InChI=1S/C22H20FN3O4/c23-16-7-14-17(8-18(16)25-10-19(24)22(11-25)5-6-22)26(9-15(20(14)28)21(29)30)12-1-3-13(27)4-2-12/h1-4,7-9,19,27H,5-6,10-11,24H2,(H,29,30). The number of pyridine rings is 1. The average molecular weight is 409 g/mol. The van der Waals surface area contributed by atoms with Crippen molar-refractivity contribution in [1.82, 2.24) is 4.57 Å². The van der Waals surface area contributed by atoms with Crippen LogP contribution in [-0.2, 0) is 0 Å². The number of aromatic nitrogens is 1. The van der Waals surface area contributed by atoms with E-state index in [2.05, 4.69) is 0 Å². The van der Waals surface area contributed by atoms with E-state index < -0.39 is 22.8 Å². The van der Waals surface area contributed by atoms with E-state index in [4.69, 9.17) is 5.73 Å². The van der Waals surface area contributed by atoms with Crippen LogP contribution in [0.15, 0.2) is 47.4 Å². The van der Waals surface area contributed by atoms with E-state index in [1.165, 1.54) is 22.9 Å². The van der Waals surface area contributed by atoms with Crippen LogP contribution in [0.1, 0.15) is 23.2 Å². The lowest BCUT2D eigenvalue weighted by molar-refractivity contribution is 0.0695. The molecule has 1 aromatic heterocycles. The lowest BCUT2D eigenvalue weighted by Gasteiger charge is -2.21. The monoisotopic (exact) mass is 409 g/mol. The van der Waals surface area contributed by atoms with Crippen LogP contribution in [0.2, 0.25) is 0 Å². The zero-order valence-corrected chi connectivity index (χ0v) is 16.0. The molecule has 5 rings (SSSR count). The molecule has 1 saturated carbocycles. The molecular weight excluding hydrogens is 389 g/mol. The molecule has 2 heterocycles. The van der Waals surface area contributed by atoms with Crippen molar-refractivity contribution in [1.29, 1.82) is 0 Å². The van der Waals surface area contributed by atoms with E-state index in [-0.39, 0.29) is 22.6 Å². The van der Waals surface area contributed by atoms with Crippen molar-refractivity contribution in [2.24, 2.45) is 11.1 Å². The third kappa shape index (κ3) is 2.75. The molecule has 7 nitrogen and oxygen atoms in total. The van der Waals surface area contributed by atoms with Crippen LogP contribution in [-0.4, -0.2) is 39.9 Å². The Hall–Kier alpha value is -3.39. The summed E-state index contributed by atoms with van der Waals surface area (Å²) in [6.07, 6.45) is 3.29. The Balaban J connectivity index is 1.74. The second-order valence-corrected chi connectivity index (χ2v) is 8.23. The van der Waals surface area contributed by atoms with E-state index >= 15 is 4.39 Å². The molecule has 1 unspecified atom stereocenters. The molecule has 1 aliphatic carbocycles. The summed E-state index contributed by atoms with van der Waals surface area (Å²) in [5, 5.41) is 19.0. The number of nitrogens with zero attached hydrogens (tertiary/aromatic N) is 2. The molecule has 8 heteroatoms. The Bertz CT molecular complexity index is 1250.